The molecule has 0 aromatic rings. The molecule has 0 radical (unpaired) electrons. The standard InChI is InChI=1S/C14H22N2O3/c1-16-13(14(17)19-3)8-12(15)11-6-4-10(5-7-11)9-18-2/h8-9,11H,4-7,15H2,1-3H3. The van der Waals surface area contributed by atoms with E-state index in [-0.39, 0.29) is 11.6 Å². The van der Waals surface area contributed by atoms with Crippen molar-refractivity contribution in [1.29, 1.82) is 0 Å². The Morgan fingerprint density at radius 1 is 1.37 bits per heavy atom. The van der Waals surface area contributed by atoms with Crippen molar-refractivity contribution >= 4 is 11.7 Å². The number of aliphatic imine (C=N–C) groups is 1. The second-order valence-corrected chi connectivity index (χ2v) is 4.53. The molecule has 0 heterocycles. The minimum atomic E-state index is -0.457. The maximum absolute atomic E-state index is 11.4. The van der Waals surface area contributed by atoms with E-state index in [1.54, 1.807) is 20.2 Å². The quantitative estimate of drug-likeness (QED) is 0.478. The van der Waals surface area contributed by atoms with Gasteiger partial charge >= 0.3 is 5.97 Å². The first-order valence-corrected chi connectivity index (χ1v) is 6.35. The SMILES string of the molecule is CN=C(C=C(N)C1CCC(=COC)CC1)C(=O)OC. The average molecular weight is 266 g/mol. The summed E-state index contributed by atoms with van der Waals surface area (Å²) in [5, 5.41) is 0. The molecule has 0 bridgehead atoms. The van der Waals surface area contributed by atoms with E-state index < -0.39 is 5.97 Å². The number of ether oxygens (including phenoxy) is 2. The first kappa shape index (κ1) is 15.3. The molecule has 1 aliphatic rings. The summed E-state index contributed by atoms with van der Waals surface area (Å²) in [7, 11) is 4.55. The molecule has 0 unspecified atom stereocenters. The summed E-state index contributed by atoms with van der Waals surface area (Å²) < 4.78 is 9.66. The van der Waals surface area contributed by atoms with Gasteiger partial charge in [0.25, 0.3) is 0 Å². The molecule has 1 saturated carbocycles. The van der Waals surface area contributed by atoms with E-state index in [1.165, 1.54) is 12.7 Å². The lowest BCUT2D eigenvalue weighted by Crippen LogP contribution is -2.21. The highest BCUT2D eigenvalue weighted by molar-refractivity contribution is 6.41. The van der Waals surface area contributed by atoms with Crippen molar-refractivity contribution < 1.29 is 14.3 Å². The van der Waals surface area contributed by atoms with Crippen LogP contribution in [-0.2, 0) is 14.3 Å². The monoisotopic (exact) mass is 266 g/mol. The summed E-state index contributed by atoms with van der Waals surface area (Å²) in [5.74, 6) is -0.170. The number of esters is 1. The number of nitrogens with zero attached hydrogens (tertiary/aromatic N) is 1. The first-order valence-electron chi connectivity index (χ1n) is 6.35. The van der Waals surface area contributed by atoms with Crippen molar-refractivity contribution in [1.82, 2.24) is 0 Å². The zero-order valence-corrected chi connectivity index (χ0v) is 11.8. The van der Waals surface area contributed by atoms with Crippen LogP contribution in [0.3, 0.4) is 0 Å². The third kappa shape index (κ3) is 4.43. The first-order chi connectivity index (χ1) is 9.12. The van der Waals surface area contributed by atoms with E-state index in [1.807, 2.05) is 6.26 Å². The third-order valence-corrected chi connectivity index (χ3v) is 3.32. The van der Waals surface area contributed by atoms with Gasteiger partial charge in [0, 0.05) is 12.7 Å². The van der Waals surface area contributed by atoms with E-state index >= 15 is 0 Å². The smallest absolute Gasteiger partial charge is 0.356 e. The number of rotatable bonds is 4. The van der Waals surface area contributed by atoms with Crippen LogP contribution in [-0.4, -0.2) is 32.9 Å². The van der Waals surface area contributed by atoms with Gasteiger partial charge in [-0.2, -0.15) is 0 Å². The third-order valence-electron chi connectivity index (χ3n) is 3.32. The van der Waals surface area contributed by atoms with Gasteiger partial charge in [-0.05, 0) is 43.3 Å². The lowest BCUT2D eigenvalue weighted by molar-refractivity contribution is -0.132. The van der Waals surface area contributed by atoms with E-state index in [4.69, 9.17) is 10.5 Å². The summed E-state index contributed by atoms with van der Waals surface area (Å²) >= 11 is 0. The Kier molecular flexibility index (Phi) is 6.12. The lowest BCUT2D eigenvalue weighted by atomic mass is 9.84. The summed E-state index contributed by atoms with van der Waals surface area (Å²) in [6, 6.07) is 0. The fourth-order valence-corrected chi connectivity index (χ4v) is 2.20. The summed E-state index contributed by atoms with van der Waals surface area (Å²) in [6.45, 7) is 0. The minimum absolute atomic E-state index is 0.262. The molecule has 0 spiro atoms. The second kappa shape index (κ2) is 7.61. The molecule has 5 nitrogen and oxygen atoms in total. The molecule has 19 heavy (non-hydrogen) atoms. The van der Waals surface area contributed by atoms with Crippen molar-refractivity contribution in [3.8, 4) is 0 Å². The molecule has 5 heteroatoms. The molecule has 1 aliphatic carbocycles. The normalized spacial score (nSPS) is 21.0. The van der Waals surface area contributed by atoms with Crippen LogP contribution in [0.1, 0.15) is 25.7 Å². The van der Waals surface area contributed by atoms with Gasteiger partial charge < -0.3 is 15.2 Å². The molecular formula is C14H22N2O3. The van der Waals surface area contributed by atoms with Crippen molar-refractivity contribution in [2.24, 2.45) is 16.6 Å². The van der Waals surface area contributed by atoms with Crippen molar-refractivity contribution in [2.45, 2.75) is 25.7 Å². The number of hydrogen-bond acceptors (Lipinski definition) is 5. The highest BCUT2D eigenvalue weighted by Gasteiger charge is 2.20. The zero-order valence-electron chi connectivity index (χ0n) is 11.8. The van der Waals surface area contributed by atoms with Crippen molar-refractivity contribution in [3.05, 3.63) is 23.6 Å². The summed E-state index contributed by atoms with van der Waals surface area (Å²) in [4.78, 5) is 15.3. The summed E-state index contributed by atoms with van der Waals surface area (Å²) in [6.07, 6.45) is 7.32. The number of allylic oxidation sites excluding steroid dienone is 2. The molecule has 1 rings (SSSR count). The molecule has 0 amide bonds. The molecule has 106 valence electrons. The molecule has 0 aliphatic heterocycles. The molecule has 0 atom stereocenters. The minimum Gasteiger partial charge on any atom is -0.504 e. The van der Waals surface area contributed by atoms with E-state index in [0.717, 1.165) is 25.7 Å². The lowest BCUT2D eigenvalue weighted by Gasteiger charge is -2.24. The molecule has 1 fully saturated rings. The number of hydrogen-bond donors (Lipinski definition) is 1. The van der Waals surface area contributed by atoms with Gasteiger partial charge in [0.05, 0.1) is 20.5 Å². The number of nitrogens with two attached hydrogens (primary N) is 1. The van der Waals surface area contributed by atoms with Crippen LogP contribution in [0.25, 0.3) is 0 Å². The number of methoxy groups -OCH3 is 2. The largest absolute Gasteiger partial charge is 0.504 e. The maximum atomic E-state index is 11.4. The maximum Gasteiger partial charge on any atom is 0.356 e. The highest BCUT2D eigenvalue weighted by atomic mass is 16.5. The van der Waals surface area contributed by atoms with Crippen LogP contribution in [0.2, 0.25) is 0 Å². The fraction of sp³-hybridized carbons (Fsp3) is 0.571. The zero-order chi connectivity index (χ0) is 14.3. The van der Waals surface area contributed by atoms with Gasteiger partial charge in [-0.15, -0.1) is 0 Å². The Labute approximate surface area is 114 Å². The molecule has 0 aromatic heterocycles. The van der Waals surface area contributed by atoms with Crippen LogP contribution in [0.5, 0.6) is 0 Å². The molecule has 0 saturated heterocycles. The average Bonchev–Trinajstić information content (AvgIpc) is 2.44. The van der Waals surface area contributed by atoms with Crippen LogP contribution >= 0.6 is 0 Å². The van der Waals surface area contributed by atoms with Crippen molar-refractivity contribution in [2.75, 3.05) is 21.3 Å². The number of carbonyl (C=O) groups excluding carboxylic acids is 1. The van der Waals surface area contributed by atoms with Gasteiger partial charge in [0.2, 0.25) is 0 Å². The Morgan fingerprint density at radius 2 is 2.00 bits per heavy atom. The highest BCUT2D eigenvalue weighted by Crippen LogP contribution is 2.31. The van der Waals surface area contributed by atoms with Gasteiger partial charge in [0.15, 0.2) is 0 Å². The van der Waals surface area contributed by atoms with Gasteiger partial charge in [0.1, 0.15) is 5.71 Å². The molecular weight excluding hydrogens is 244 g/mol. The Hall–Kier alpha value is -1.78. The van der Waals surface area contributed by atoms with Crippen molar-refractivity contribution in [3.63, 3.8) is 0 Å². The fourth-order valence-electron chi connectivity index (χ4n) is 2.20. The molecule has 2 N–H and O–H groups in total. The topological polar surface area (TPSA) is 73.9 Å². The van der Waals surface area contributed by atoms with Gasteiger partial charge in [-0.3, -0.25) is 4.99 Å². The van der Waals surface area contributed by atoms with Crippen LogP contribution in [0.15, 0.2) is 28.6 Å². The predicted molar refractivity (Wildman–Crippen MR) is 74.7 cm³/mol. The van der Waals surface area contributed by atoms with E-state index in [9.17, 15) is 4.79 Å². The van der Waals surface area contributed by atoms with Crippen LogP contribution < -0.4 is 5.73 Å². The van der Waals surface area contributed by atoms with E-state index in [2.05, 4.69) is 9.73 Å². The second-order valence-electron chi connectivity index (χ2n) is 4.53. The van der Waals surface area contributed by atoms with Gasteiger partial charge in [-0.25, -0.2) is 4.79 Å². The predicted octanol–water partition coefficient (Wildman–Crippen LogP) is 1.79. The van der Waals surface area contributed by atoms with Gasteiger partial charge in [-0.1, -0.05) is 0 Å². The van der Waals surface area contributed by atoms with Crippen LogP contribution in [0.4, 0.5) is 0 Å². The number of carbonyl (C=O) groups is 1. The Morgan fingerprint density at radius 3 is 2.47 bits per heavy atom. The van der Waals surface area contributed by atoms with E-state index in [0.29, 0.717) is 5.70 Å². The molecule has 0 aromatic carbocycles. The summed E-state index contributed by atoms with van der Waals surface area (Å²) in [5.41, 5.74) is 8.33. The Balaban J connectivity index is 2.66. The van der Waals surface area contributed by atoms with Crippen LogP contribution in [0, 0.1) is 5.92 Å². The Bertz CT molecular complexity index is 401.